The van der Waals surface area contributed by atoms with E-state index in [9.17, 15) is 8.42 Å². The molecule has 4 aromatic rings. The number of rotatable bonds is 11. The topological polar surface area (TPSA) is 64.6 Å². The van der Waals surface area contributed by atoms with Crippen molar-refractivity contribution in [3.8, 4) is 5.75 Å². The highest BCUT2D eigenvalue weighted by molar-refractivity contribution is 7.89. The fourth-order valence-corrected chi connectivity index (χ4v) is 5.52. The van der Waals surface area contributed by atoms with Crippen LogP contribution in [0.3, 0.4) is 0 Å². The molecular weight excluding hydrogens is 470 g/mol. The third-order valence-electron chi connectivity index (χ3n) is 6.62. The zero-order chi connectivity index (χ0) is 25.5. The molecule has 1 N–H and O–H groups in total. The standard InChI is InChI=1S/C30H33NO4S/c1-22-8-16-29(17-9-22)36(32,33)31-19-18-28(35-3)21-30(24-12-14-27(34-2)15-13-24)26-11-10-23-6-4-5-7-25(23)20-26/h4-17,20,28,30-31H,18-19,21H2,1-3H3. The summed E-state index contributed by atoms with van der Waals surface area (Å²) in [6, 6.07) is 29.9. The minimum atomic E-state index is -3.57. The first-order valence-corrected chi connectivity index (χ1v) is 13.6. The molecule has 36 heavy (non-hydrogen) atoms. The Balaban J connectivity index is 1.52. The van der Waals surface area contributed by atoms with E-state index >= 15 is 0 Å². The summed E-state index contributed by atoms with van der Waals surface area (Å²) in [6.45, 7) is 2.23. The second-order valence-corrected chi connectivity index (χ2v) is 10.8. The molecule has 4 rings (SSSR count). The maximum Gasteiger partial charge on any atom is 0.240 e. The van der Waals surface area contributed by atoms with Crippen molar-refractivity contribution in [1.29, 1.82) is 0 Å². The Kier molecular flexibility index (Phi) is 8.41. The van der Waals surface area contributed by atoms with Gasteiger partial charge >= 0.3 is 0 Å². The summed E-state index contributed by atoms with van der Waals surface area (Å²) in [6.07, 6.45) is 1.14. The molecular formula is C30H33NO4S. The van der Waals surface area contributed by atoms with Gasteiger partial charge in [-0.1, -0.05) is 72.3 Å². The maximum absolute atomic E-state index is 12.7. The largest absolute Gasteiger partial charge is 0.497 e. The number of hydrogen-bond acceptors (Lipinski definition) is 4. The molecule has 0 radical (unpaired) electrons. The number of aryl methyl sites for hydroxylation is 1. The van der Waals surface area contributed by atoms with E-state index < -0.39 is 10.0 Å². The average Bonchev–Trinajstić information content (AvgIpc) is 2.90. The van der Waals surface area contributed by atoms with Crippen molar-refractivity contribution in [2.45, 2.75) is 36.7 Å². The molecule has 0 aliphatic heterocycles. The number of nitrogens with one attached hydrogen (secondary N) is 1. The van der Waals surface area contributed by atoms with Gasteiger partial charge < -0.3 is 9.47 Å². The highest BCUT2D eigenvalue weighted by Crippen LogP contribution is 2.33. The summed E-state index contributed by atoms with van der Waals surface area (Å²) in [5.74, 6) is 0.893. The normalized spacial score (nSPS) is 13.4. The monoisotopic (exact) mass is 503 g/mol. The number of sulfonamides is 1. The molecule has 4 aromatic carbocycles. The van der Waals surface area contributed by atoms with Crippen LogP contribution in [0.1, 0.15) is 35.4 Å². The van der Waals surface area contributed by atoms with Gasteiger partial charge in [-0.25, -0.2) is 13.1 Å². The summed E-state index contributed by atoms with van der Waals surface area (Å²) in [5.41, 5.74) is 3.38. The lowest BCUT2D eigenvalue weighted by Gasteiger charge is -2.24. The lowest BCUT2D eigenvalue weighted by atomic mass is 9.85. The van der Waals surface area contributed by atoms with Crippen molar-refractivity contribution in [1.82, 2.24) is 4.72 Å². The summed E-state index contributed by atoms with van der Waals surface area (Å²) >= 11 is 0. The van der Waals surface area contributed by atoms with Crippen molar-refractivity contribution in [3.63, 3.8) is 0 Å². The number of methoxy groups -OCH3 is 2. The Hall–Kier alpha value is -3.19. The van der Waals surface area contributed by atoms with Crippen LogP contribution in [0.25, 0.3) is 10.8 Å². The predicted molar refractivity (Wildman–Crippen MR) is 145 cm³/mol. The van der Waals surface area contributed by atoms with E-state index in [1.165, 1.54) is 16.3 Å². The molecule has 0 aromatic heterocycles. The first-order chi connectivity index (χ1) is 17.4. The van der Waals surface area contributed by atoms with Crippen LogP contribution < -0.4 is 9.46 Å². The maximum atomic E-state index is 12.7. The zero-order valence-corrected chi connectivity index (χ0v) is 21.8. The molecule has 188 valence electrons. The molecule has 0 saturated carbocycles. The van der Waals surface area contributed by atoms with Gasteiger partial charge in [0.2, 0.25) is 10.0 Å². The van der Waals surface area contributed by atoms with Crippen molar-refractivity contribution in [2.24, 2.45) is 0 Å². The van der Waals surface area contributed by atoms with Gasteiger partial charge in [0.25, 0.3) is 0 Å². The minimum Gasteiger partial charge on any atom is -0.497 e. The molecule has 0 fully saturated rings. The van der Waals surface area contributed by atoms with Crippen LogP contribution in [-0.2, 0) is 14.8 Å². The number of ether oxygens (including phenoxy) is 2. The summed E-state index contributed by atoms with van der Waals surface area (Å²) in [5, 5.41) is 2.39. The number of hydrogen-bond donors (Lipinski definition) is 1. The molecule has 2 atom stereocenters. The molecule has 0 aliphatic carbocycles. The fraction of sp³-hybridized carbons (Fsp3) is 0.267. The zero-order valence-electron chi connectivity index (χ0n) is 21.0. The predicted octanol–water partition coefficient (Wildman–Crippen LogP) is 6.06. The van der Waals surface area contributed by atoms with Crippen molar-refractivity contribution < 1.29 is 17.9 Å². The van der Waals surface area contributed by atoms with Gasteiger partial charge in [-0.05, 0) is 65.9 Å². The van der Waals surface area contributed by atoms with Gasteiger partial charge in [0, 0.05) is 19.6 Å². The van der Waals surface area contributed by atoms with E-state index in [-0.39, 0.29) is 16.9 Å². The van der Waals surface area contributed by atoms with Crippen LogP contribution in [-0.4, -0.2) is 35.3 Å². The number of benzene rings is 4. The van der Waals surface area contributed by atoms with E-state index in [1.807, 2.05) is 31.2 Å². The van der Waals surface area contributed by atoms with Crippen molar-refractivity contribution >= 4 is 20.8 Å². The van der Waals surface area contributed by atoms with Crippen LogP contribution >= 0.6 is 0 Å². The van der Waals surface area contributed by atoms with Crippen LogP contribution in [0, 0.1) is 6.92 Å². The summed E-state index contributed by atoms with van der Waals surface area (Å²) < 4.78 is 39.3. The van der Waals surface area contributed by atoms with Gasteiger partial charge in [0.05, 0.1) is 18.1 Å². The summed E-state index contributed by atoms with van der Waals surface area (Å²) in [4.78, 5) is 0.273. The quantitative estimate of drug-likeness (QED) is 0.270. The van der Waals surface area contributed by atoms with Crippen molar-refractivity contribution in [2.75, 3.05) is 20.8 Å². The molecule has 0 heterocycles. The molecule has 5 nitrogen and oxygen atoms in total. The van der Waals surface area contributed by atoms with E-state index in [0.717, 1.165) is 16.9 Å². The van der Waals surface area contributed by atoms with Crippen LogP contribution in [0.15, 0.2) is 95.9 Å². The molecule has 2 unspecified atom stereocenters. The van der Waals surface area contributed by atoms with Crippen LogP contribution in [0.2, 0.25) is 0 Å². The molecule has 0 saturated heterocycles. The molecule has 0 amide bonds. The van der Waals surface area contributed by atoms with E-state index in [1.54, 1.807) is 38.5 Å². The smallest absolute Gasteiger partial charge is 0.240 e. The fourth-order valence-electron chi connectivity index (χ4n) is 4.48. The average molecular weight is 504 g/mol. The Morgan fingerprint density at radius 3 is 2.14 bits per heavy atom. The lowest BCUT2D eigenvalue weighted by Crippen LogP contribution is -2.28. The Morgan fingerprint density at radius 2 is 1.47 bits per heavy atom. The Morgan fingerprint density at radius 1 is 0.806 bits per heavy atom. The third-order valence-corrected chi connectivity index (χ3v) is 8.09. The summed E-state index contributed by atoms with van der Waals surface area (Å²) in [7, 11) is -0.219. The van der Waals surface area contributed by atoms with Crippen LogP contribution in [0.5, 0.6) is 5.75 Å². The molecule has 0 spiro atoms. The van der Waals surface area contributed by atoms with Gasteiger partial charge in [-0.15, -0.1) is 0 Å². The third kappa shape index (κ3) is 6.32. The second kappa shape index (κ2) is 11.7. The lowest BCUT2D eigenvalue weighted by molar-refractivity contribution is 0.0857. The SMILES string of the molecule is COc1ccc(C(CC(CCNS(=O)(=O)c2ccc(C)cc2)OC)c2ccc3ccccc3c2)cc1. The highest BCUT2D eigenvalue weighted by Gasteiger charge is 2.22. The minimum absolute atomic E-state index is 0.0826. The Labute approximate surface area is 214 Å². The highest BCUT2D eigenvalue weighted by atomic mass is 32.2. The molecule has 6 heteroatoms. The molecule has 0 aliphatic rings. The van der Waals surface area contributed by atoms with E-state index in [0.29, 0.717) is 19.4 Å². The molecule has 0 bridgehead atoms. The first kappa shape index (κ1) is 25.9. The van der Waals surface area contributed by atoms with Gasteiger partial charge in [-0.2, -0.15) is 0 Å². The van der Waals surface area contributed by atoms with Gasteiger partial charge in [0.1, 0.15) is 5.75 Å². The first-order valence-electron chi connectivity index (χ1n) is 12.1. The Bertz CT molecular complexity index is 1380. The number of fused-ring (bicyclic) bond motifs is 1. The van der Waals surface area contributed by atoms with E-state index in [4.69, 9.17) is 9.47 Å². The van der Waals surface area contributed by atoms with Gasteiger partial charge in [0.15, 0.2) is 0 Å². The van der Waals surface area contributed by atoms with Crippen molar-refractivity contribution in [3.05, 3.63) is 108 Å². The van der Waals surface area contributed by atoms with Gasteiger partial charge in [-0.3, -0.25) is 0 Å². The van der Waals surface area contributed by atoms with E-state index in [2.05, 4.69) is 47.2 Å². The van der Waals surface area contributed by atoms with Crippen LogP contribution in [0.4, 0.5) is 0 Å². The second-order valence-electron chi connectivity index (χ2n) is 9.03.